The van der Waals surface area contributed by atoms with Crippen molar-refractivity contribution in [1.82, 2.24) is 4.90 Å². The number of nitrogens with zero attached hydrogens (tertiary/aromatic N) is 1. The van der Waals surface area contributed by atoms with Crippen molar-refractivity contribution >= 4 is 17.6 Å². The molecule has 1 N–H and O–H groups in total. The maximum atomic E-state index is 11.0. The summed E-state index contributed by atoms with van der Waals surface area (Å²) in [6, 6.07) is 7.51. The highest BCUT2D eigenvalue weighted by atomic mass is 16.4. The van der Waals surface area contributed by atoms with Gasteiger partial charge in [0.1, 0.15) is 6.04 Å². The summed E-state index contributed by atoms with van der Waals surface area (Å²) in [4.78, 5) is 12.8. The summed E-state index contributed by atoms with van der Waals surface area (Å²) < 4.78 is 0. The molecule has 0 aromatic heterocycles. The fraction of sp³-hybridized carbons (Fsp3) is 0.154. The summed E-state index contributed by atoms with van der Waals surface area (Å²) in [5.41, 5.74) is 4.35. The Morgan fingerprint density at radius 3 is 2.88 bits per heavy atom. The van der Waals surface area contributed by atoms with Crippen LogP contribution >= 0.6 is 0 Å². The smallest absolute Gasteiger partial charge is 0.330 e. The molecule has 0 amide bonds. The second-order valence-corrected chi connectivity index (χ2v) is 4.09. The highest BCUT2D eigenvalue weighted by molar-refractivity contribution is 5.99. The fourth-order valence-corrected chi connectivity index (χ4v) is 2.35. The number of rotatable bonds is 1. The van der Waals surface area contributed by atoms with Crippen LogP contribution in [0.4, 0.5) is 0 Å². The Morgan fingerprint density at radius 2 is 2.12 bits per heavy atom. The maximum absolute atomic E-state index is 11.0. The highest BCUT2D eigenvalue weighted by Gasteiger charge is 2.34. The molecule has 1 aliphatic carbocycles. The van der Waals surface area contributed by atoms with Gasteiger partial charge in [-0.15, -0.1) is 0 Å². The molecule has 0 spiro atoms. The van der Waals surface area contributed by atoms with Gasteiger partial charge in [0.2, 0.25) is 0 Å². The van der Waals surface area contributed by atoms with Gasteiger partial charge in [0.05, 0.1) is 0 Å². The standard InChI is InChI=1S/C13H11NO2/c1-14-11-6-8-4-2-3-5-9(8)10(11)7-12(14)13(15)16/h2-7,12H,1H3,(H,15,16). The van der Waals surface area contributed by atoms with E-state index in [0.717, 1.165) is 16.8 Å². The molecule has 3 heteroatoms. The number of carboxylic acids is 1. The number of hydrogen-bond donors (Lipinski definition) is 1. The summed E-state index contributed by atoms with van der Waals surface area (Å²) in [7, 11) is 1.82. The third-order valence-electron chi connectivity index (χ3n) is 3.19. The Kier molecular flexibility index (Phi) is 1.72. The topological polar surface area (TPSA) is 40.5 Å². The summed E-state index contributed by atoms with van der Waals surface area (Å²) in [6.07, 6.45) is 3.87. The van der Waals surface area contributed by atoms with Crippen LogP contribution in [0.5, 0.6) is 0 Å². The van der Waals surface area contributed by atoms with Gasteiger partial charge in [0, 0.05) is 18.3 Å². The van der Waals surface area contributed by atoms with Crippen molar-refractivity contribution in [3.05, 3.63) is 47.2 Å². The van der Waals surface area contributed by atoms with Crippen molar-refractivity contribution in [1.29, 1.82) is 0 Å². The van der Waals surface area contributed by atoms with Gasteiger partial charge < -0.3 is 10.0 Å². The molecule has 0 bridgehead atoms. The second kappa shape index (κ2) is 2.98. The van der Waals surface area contributed by atoms with Crippen LogP contribution in [-0.4, -0.2) is 29.1 Å². The molecule has 1 atom stereocenters. The molecule has 1 aliphatic heterocycles. The van der Waals surface area contributed by atoms with Crippen LogP contribution in [0, 0.1) is 0 Å². The first-order valence-electron chi connectivity index (χ1n) is 5.17. The largest absolute Gasteiger partial charge is 0.479 e. The second-order valence-electron chi connectivity index (χ2n) is 4.09. The van der Waals surface area contributed by atoms with E-state index in [1.54, 1.807) is 4.90 Å². The number of fused-ring (bicyclic) bond motifs is 3. The van der Waals surface area contributed by atoms with Crippen LogP contribution in [0.3, 0.4) is 0 Å². The van der Waals surface area contributed by atoms with Gasteiger partial charge in [0.25, 0.3) is 0 Å². The Morgan fingerprint density at radius 1 is 1.38 bits per heavy atom. The molecule has 0 saturated heterocycles. The van der Waals surface area contributed by atoms with Gasteiger partial charge >= 0.3 is 5.97 Å². The normalized spacial score (nSPS) is 21.3. The molecule has 0 saturated carbocycles. The summed E-state index contributed by atoms with van der Waals surface area (Å²) >= 11 is 0. The summed E-state index contributed by atoms with van der Waals surface area (Å²) in [5, 5.41) is 9.07. The molecule has 1 aromatic carbocycles. The van der Waals surface area contributed by atoms with Crippen LogP contribution in [0.2, 0.25) is 0 Å². The van der Waals surface area contributed by atoms with E-state index in [1.165, 1.54) is 5.56 Å². The van der Waals surface area contributed by atoms with E-state index in [2.05, 4.69) is 0 Å². The Hall–Kier alpha value is -2.03. The minimum Gasteiger partial charge on any atom is -0.479 e. The van der Waals surface area contributed by atoms with Crippen molar-refractivity contribution in [3.63, 3.8) is 0 Å². The van der Waals surface area contributed by atoms with Gasteiger partial charge in [-0.1, -0.05) is 24.3 Å². The Bertz CT molecular complexity index is 543. The Balaban J connectivity index is 2.13. The van der Waals surface area contributed by atoms with E-state index in [-0.39, 0.29) is 0 Å². The lowest BCUT2D eigenvalue weighted by Gasteiger charge is -2.18. The average molecular weight is 213 g/mol. The predicted molar refractivity (Wildman–Crippen MR) is 61.6 cm³/mol. The molecule has 16 heavy (non-hydrogen) atoms. The summed E-state index contributed by atoms with van der Waals surface area (Å²) in [6.45, 7) is 0. The summed E-state index contributed by atoms with van der Waals surface area (Å²) in [5.74, 6) is -0.803. The van der Waals surface area contributed by atoms with Gasteiger partial charge in [-0.2, -0.15) is 0 Å². The van der Waals surface area contributed by atoms with Crippen molar-refractivity contribution in [2.45, 2.75) is 6.04 Å². The zero-order valence-corrected chi connectivity index (χ0v) is 8.84. The number of allylic oxidation sites excluding steroid dienone is 1. The number of benzene rings is 1. The number of carbonyl (C=O) groups is 1. The lowest BCUT2D eigenvalue weighted by molar-refractivity contribution is -0.140. The molecule has 80 valence electrons. The lowest BCUT2D eigenvalue weighted by Crippen LogP contribution is -2.31. The fourth-order valence-electron chi connectivity index (χ4n) is 2.35. The third-order valence-corrected chi connectivity index (χ3v) is 3.19. The number of likely N-dealkylation sites (N-methyl/N-ethyl adjacent to an activating group) is 1. The average Bonchev–Trinajstić information content (AvgIpc) is 2.76. The first kappa shape index (κ1) is 9.21. The third kappa shape index (κ3) is 1.05. The van der Waals surface area contributed by atoms with Gasteiger partial charge in [-0.05, 0) is 23.3 Å². The van der Waals surface area contributed by atoms with Crippen molar-refractivity contribution < 1.29 is 9.90 Å². The van der Waals surface area contributed by atoms with Crippen LogP contribution in [0.15, 0.2) is 36.0 Å². The first-order valence-corrected chi connectivity index (χ1v) is 5.17. The molecule has 3 rings (SSSR count). The van der Waals surface area contributed by atoms with Gasteiger partial charge in [-0.25, -0.2) is 4.79 Å². The van der Waals surface area contributed by atoms with E-state index in [1.807, 2.05) is 43.5 Å². The van der Waals surface area contributed by atoms with Crippen molar-refractivity contribution in [3.8, 4) is 0 Å². The number of hydrogen-bond acceptors (Lipinski definition) is 2. The van der Waals surface area contributed by atoms with E-state index >= 15 is 0 Å². The SMILES string of the molecule is CN1C2=Cc3ccccc3C2=CC1C(=O)O. The zero-order valence-electron chi connectivity index (χ0n) is 8.84. The van der Waals surface area contributed by atoms with Crippen LogP contribution < -0.4 is 0 Å². The first-order chi connectivity index (χ1) is 7.68. The highest BCUT2D eigenvalue weighted by Crippen LogP contribution is 2.41. The molecule has 1 unspecified atom stereocenters. The van der Waals surface area contributed by atoms with E-state index in [9.17, 15) is 4.79 Å². The van der Waals surface area contributed by atoms with Crippen molar-refractivity contribution in [2.24, 2.45) is 0 Å². The number of aliphatic carboxylic acids is 1. The van der Waals surface area contributed by atoms with Crippen LogP contribution in [0.1, 0.15) is 11.1 Å². The van der Waals surface area contributed by atoms with Gasteiger partial charge in [-0.3, -0.25) is 0 Å². The number of carboxylic acid groups (broad SMARTS) is 1. The quantitative estimate of drug-likeness (QED) is 0.773. The maximum Gasteiger partial charge on any atom is 0.330 e. The van der Waals surface area contributed by atoms with Crippen molar-refractivity contribution in [2.75, 3.05) is 7.05 Å². The minimum atomic E-state index is -0.803. The molecule has 2 aliphatic rings. The molecular formula is C13H11NO2. The van der Waals surface area contributed by atoms with E-state index in [4.69, 9.17) is 5.11 Å². The Labute approximate surface area is 93.3 Å². The van der Waals surface area contributed by atoms with Crippen LogP contribution in [0.25, 0.3) is 11.6 Å². The monoisotopic (exact) mass is 213 g/mol. The van der Waals surface area contributed by atoms with Gasteiger partial charge in [0.15, 0.2) is 0 Å². The molecular weight excluding hydrogens is 202 g/mol. The molecule has 0 fully saturated rings. The molecule has 3 nitrogen and oxygen atoms in total. The predicted octanol–water partition coefficient (Wildman–Crippen LogP) is 1.82. The minimum absolute atomic E-state index is 0.533. The zero-order chi connectivity index (χ0) is 11.3. The van der Waals surface area contributed by atoms with Crippen LogP contribution in [-0.2, 0) is 4.79 Å². The molecule has 1 aromatic rings. The molecule has 0 radical (unpaired) electrons. The molecule has 1 heterocycles. The van der Waals surface area contributed by atoms with E-state index < -0.39 is 12.0 Å². The van der Waals surface area contributed by atoms with E-state index in [0.29, 0.717) is 0 Å². The lowest BCUT2D eigenvalue weighted by atomic mass is 10.1.